The highest BCUT2D eigenvalue weighted by molar-refractivity contribution is 6.05. The molecule has 1 amide bonds. The number of anilines is 1. The van der Waals surface area contributed by atoms with Crippen molar-refractivity contribution in [2.45, 2.75) is 20.0 Å². The highest BCUT2D eigenvalue weighted by Gasteiger charge is 2.31. The predicted molar refractivity (Wildman–Crippen MR) is 115 cm³/mol. The van der Waals surface area contributed by atoms with E-state index in [0.29, 0.717) is 5.75 Å². The summed E-state index contributed by atoms with van der Waals surface area (Å²) in [6, 6.07) is 11.3. The van der Waals surface area contributed by atoms with Gasteiger partial charge in [0, 0.05) is 11.6 Å². The molecule has 1 N–H and O–H groups in total. The normalized spacial score (nSPS) is 11.1. The van der Waals surface area contributed by atoms with E-state index in [2.05, 4.69) is 5.32 Å². The maximum absolute atomic E-state index is 13.3. The predicted octanol–water partition coefficient (Wildman–Crippen LogP) is 6.28. The van der Waals surface area contributed by atoms with Crippen LogP contribution < -0.4 is 14.8 Å². The number of amides is 1. The molecule has 0 bridgehead atoms. The summed E-state index contributed by atoms with van der Waals surface area (Å²) < 4.78 is 50.4. The van der Waals surface area contributed by atoms with E-state index in [0.717, 1.165) is 35.4 Å². The van der Waals surface area contributed by atoms with Crippen LogP contribution >= 0.6 is 0 Å². The van der Waals surface area contributed by atoms with Gasteiger partial charge >= 0.3 is 11.9 Å². The molecule has 3 aromatic carbocycles. The van der Waals surface area contributed by atoms with Crippen LogP contribution in [0.3, 0.4) is 0 Å². The van der Waals surface area contributed by atoms with Crippen LogP contribution in [-0.4, -0.2) is 17.9 Å². The van der Waals surface area contributed by atoms with Gasteiger partial charge in [-0.2, -0.15) is 13.2 Å². The molecule has 0 heterocycles. The maximum atomic E-state index is 13.3. The number of hydrogen-bond donors (Lipinski definition) is 1. The lowest BCUT2D eigenvalue weighted by atomic mass is 10.1. The largest absolute Gasteiger partial charge is 0.490 e. The second-order valence-electron chi connectivity index (χ2n) is 7.15. The number of nitro groups is 1. The standard InChI is InChI=1S/C23H19F3N2O5/c1-13-4-7-17(10-14(13)2)33-20-9-6-16(23(24,25)26)12-18(20)27-22(29)15-5-8-21(32-3)19(11-15)28(30)31/h4-12H,1-3H3,(H,27,29). The number of carbonyl (C=O) groups excluding carboxylic acids is 1. The highest BCUT2D eigenvalue weighted by atomic mass is 19.4. The van der Waals surface area contributed by atoms with E-state index in [1.165, 1.54) is 19.2 Å². The van der Waals surface area contributed by atoms with E-state index in [1.54, 1.807) is 18.2 Å². The fourth-order valence-corrected chi connectivity index (χ4v) is 2.97. The molecule has 0 saturated carbocycles. The van der Waals surface area contributed by atoms with Gasteiger partial charge < -0.3 is 14.8 Å². The first-order valence-corrected chi connectivity index (χ1v) is 9.59. The van der Waals surface area contributed by atoms with Crippen molar-refractivity contribution in [3.63, 3.8) is 0 Å². The van der Waals surface area contributed by atoms with Crippen molar-refractivity contribution in [1.82, 2.24) is 0 Å². The van der Waals surface area contributed by atoms with Crippen LogP contribution in [0.1, 0.15) is 27.0 Å². The Balaban J connectivity index is 1.99. The zero-order valence-electron chi connectivity index (χ0n) is 17.8. The average Bonchev–Trinajstić information content (AvgIpc) is 2.76. The van der Waals surface area contributed by atoms with Gasteiger partial charge in [0.15, 0.2) is 11.5 Å². The van der Waals surface area contributed by atoms with Gasteiger partial charge in [-0.3, -0.25) is 14.9 Å². The number of aryl methyl sites for hydroxylation is 2. The summed E-state index contributed by atoms with van der Waals surface area (Å²) in [7, 11) is 1.24. The van der Waals surface area contributed by atoms with Gasteiger partial charge in [-0.15, -0.1) is 0 Å². The summed E-state index contributed by atoms with van der Waals surface area (Å²) >= 11 is 0. The molecule has 0 fully saturated rings. The molecule has 3 rings (SSSR count). The lowest BCUT2D eigenvalue weighted by Crippen LogP contribution is -2.14. The summed E-state index contributed by atoms with van der Waals surface area (Å²) in [6.07, 6.45) is -4.66. The van der Waals surface area contributed by atoms with Crippen LogP contribution in [0.5, 0.6) is 17.2 Å². The molecule has 0 saturated heterocycles. The molecule has 7 nitrogen and oxygen atoms in total. The smallest absolute Gasteiger partial charge is 0.416 e. The second kappa shape index (κ2) is 9.19. The molecule has 0 unspecified atom stereocenters. The number of carbonyl (C=O) groups is 1. The van der Waals surface area contributed by atoms with Crippen molar-refractivity contribution in [2.75, 3.05) is 12.4 Å². The summed E-state index contributed by atoms with van der Waals surface area (Å²) in [6.45, 7) is 3.76. The Kier molecular flexibility index (Phi) is 6.57. The minimum Gasteiger partial charge on any atom is -0.490 e. The van der Waals surface area contributed by atoms with Gasteiger partial charge in [-0.05, 0) is 67.4 Å². The number of rotatable bonds is 6. The zero-order chi connectivity index (χ0) is 24.3. The van der Waals surface area contributed by atoms with Crippen LogP contribution in [0.2, 0.25) is 0 Å². The number of halogens is 3. The van der Waals surface area contributed by atoms with Gasteiger partial charge in [0.2, 0.25) is 0 Å². The quantitative estimate of drug-likeness (QED) is 0.345. The molecule has 33 heavy (non-hydrogen) atoms. The minimum absolute atomic E-state index is 0.0254. The molecule has 0 aliphatic carbocycles. The van der Waals surface area contributed by atoms with Crippen molar-refractivity contribution in [3.8, 4) is 17.2 Å². The van der Waals surface area contributed by atoms with E-state index in [1.807, 2.05) is 13.8 Å². The number of benzene rings is 3. The highest BCUT2D eigenvalue weighted by Crippen LogP contribution is 2.37. The van der Waals surface area contributed by atoms with Crippen molar-refractivity contribution < 1.29 is 32.4 Å². The summed E-state index contributed by atoms with van der Waals surface area (Å²) in [4.78, 5) is 23.2. The fraction of sp³-hybridized carbons (Fsp3) is 0.174. The Morgan fingerprint density at radius 2 is 1.67 bits per heavy atom. The third-order valence-electron chi connectivity index (χ3n) is 4.90. The molecule has 0 aromatic heterocycles. The van der Waals surface area contributed by atoms with Gasteiger partial charge in [0.05, 0.1) is 23.3 Å². The number of hydrogen-bond acceptors (Lipinski definition) is 5. The zero-order valence-corrected chi connectivity index (χ0v) is 17.8. The molecule has 0 aliphatic heterocycles. The molecule has 10 heteroatoms. The fourth-order valence-electron chi connectivity index (χ4n) is 2.97. The van der Waals surface area contributed by atoms with Gasteiger partial charge in [-0.25, -0.2) is 0 Å². The molecule has 3 aromatic rings. The summed E-state index contributed by atoms with van der Waals surface area (Å²) in [5.41, 5.74) is 0.0789. The first kappa shape index (κ1) is 23.6. The van der Waals surface area contributed by atoms with E-state index in [4.69, 9.17) is 9.47 Å². The number of nitrogens with zero attached hydrogens (tertiary/aromatic N) is 1. The van der Waals surface area contributed by atoms with Crippen LogP contribution in [0.4, 0.5) is 24.5 Å². The third kappa shape index (κ3) is 5.40. The van der Waals surface area contributed by atoms with Gasteiger partial charge in [-0.1, -0.05) is 6.07 Å². The van der Waals surface area contributed by atoms with Gasteiger partial charge in [0.1, 0.15) is 5.75 Å². The number of ether oxygens (including phenoxy) is 2. The molecule has 172 valence electrons. The molecule has 0 aliphatic rings. The van der Waals surface area contributed by atoms with Gasteiger partial charge in [0.25, 0.3) is 5.91 Å². The number of nitro benzene ring substituents is 1. The van der Waals surface area contributed by atoms with Crippen molar-refractivity contribution >= 4 is 17.3 Å². The van der Waals surface area contributed by atoms with E-state index in [-0.39, 0.29) is 22.7 Å². The van der Waals surface area contributed by atoms with Crippen LogP contribution in [0.15, 0.2) is 54.6 Å². The van der Waals surface area contributed by atoms with Crippen molar-refractivity contribution in [1.29, 1.82) is 0 Å². The minimum atomic E-state index is -4.66. The molecular formula is C23H19F3N2O5. The van der Waals surface area contributed by atoms with E-state index in [9.17, 15) is 28.1 Å². The first-order valence-electron chi connectivity index (χ1n) is 9.59. The molecular weight excluding hydrogens is 441 g/mol. The summed E-state index contributed by atoms with van der Waals surface area (Å²) in [5, 5.41) is 13.6. The Morgan fingerprint density at radius 3 is 2.27 bits per heavy atom. The van der Waals surface area contributed by atoms with E-state index >= 15 is 0 Å². The SMILES string of the molecule is COc1ccc(C(=O)Nc2cc(C(F)(F)F)ccc2Oc2ccc(C)c(C)c2)cc1[N+](=O)[O-]. The Bertz CT molecular complexity index is 1230. The number of nitrogens with one attached hydrogen (secondary N) is 1. The van der Waals surface area contributed by atoms with Crippen molar-refractivity contribution in [2.24, 2.45) is 0 Å². The van der Waals surface area contributed by atoms with Crippen LogP contribution in [0.25, 0.3) is 0 Å². The lowest BCUT2D eigenvalue weighted by molar-refractivity contribution is -0.385. The summed E-state index contributed by atoms with van der Waals surface area (Å²) in [5.74, 6) is -0.574. The van der Waals surface area contributed by atoms with Crippen LogP contribution in [0, 0.1) is 24.0 Å². The monoisotopic (exact) mass is 460 g/mol. The maximum Gasteiger partial charge on any atom is 0.416 e. The third-order valence-corrected chi connectivity index (χ3v) is 4.90. The lowest BCUT2D eigenvalue weighted by Gasteiger charge is -2.16. The molecule has 0 spiro atoms. The Labute approximate surface area is 186 Å². The van der Waals surface area contributed by atoms with Crippen molar-refractivity contribution in [3.05, 3.63) is 87.0 Å². The number of methoxy groups -OCH3 is 1. The average molecular weight is 460 g/mol. The van der Waals surface area contributed by atoms with Crippen LogP contribution in [-0.2, 0) is 6.18 Å². The topological polar surface area (TPSA) is 90.7 Å². The second-order valence-corrected chi connectivity index (χ2v) is 7.15. The Morgan fingerprint density at radius 1 is 0.970 bits per heavy atom. The molecule has 0 atom stereocenters. The first-order chi connectivity index (χ1) is 15.5. The molecule has 0 radical (unpaired) electrons. The van der Waals surface area contributed by atoms with E-state index < -0.39 is 28.3 Å². The Hall–Kier alpha value is -4.08. The number of alkyl halides is 3.